The van der Waals surface area contributed by atoms with Gasteiger partial charge in [-0.05, 0) is 17.7 Å². The summed E-state index contributed by atoms with van der Waals surface area (Å²) in [5.41, 5.74) is 0.582. The van der Waals surface area contributed by atoms with Gasteiger partial charge in [-0.15, -0.1) is 0 Å². The van der Waals surface area contributed by atoms with Crippen molar-refractivity contribution < 1.29 is 22.4 Å². The van der Waals surface area contributed by atoms with Gasteiger partial charge in [-0.1, -0.05) is 12.1 Å². The minimum atomic E-state index is -4.73. The molecule has 0 radical (unpaired) electrons. The van der Waals surface area contributed by atoms with E-state index in [0.717, 1.165) is 0 Å². The summed E-state index contributed by atoms with van der Waals surface area (Å²) in [6.45, 7) is 0. The van der Waals surface area contributed by atoms with Crippen molar-refractivity contribution >= 4 is 11.6 Å². The maximum atomic E-state index is 12.6. The largest absolute Gasteiger partial charge is 0.383 e. The molecule has 0 fully saturated rings. The number of nitrogens with zero attached hydrogens (tertiary/aromatic N) is 1. The molecule has 0 aromatic heterocycles. The summed E-state index contributed by atoms with van der Waals surface area (Å²) < 4.78 is 49.0. The lowest BCUT2D eigenvalue weighted by Gasteiger charge is -2.14. The van der Waals surface area contributed by atoms with E-state index < -0.39 is 18.3 Å². The van der Waals surface area contributed by atoms with E-state index in [2.05, 4.69) is 0 Å². The van der Waals surface area contributed by atoms with Gasteiger partial charge in [0.1, 0.15) is 0 Å². The smallest absolute Gasteiger partial charge is 0.321 e. The van der Waals surface area contributed by atoms with Gasteiger partial charge in [-0.3, -0.25) is 4.79 Å². The molecule has 1 aromatic rings. The Morgan fingerprint density at radius 2 is 1.89 bits per heavy atom. The Morgan fingerprint density at radius 1 is 1.33 bits per heavy atom. The first-order chi connectivity index (χ1) is 8.37. The first-order valence-corrected chi connectivity index (χ1v) is 4.81. The lowest BCUT2D eigenvalue weighted by molar-refractivity contribution is -0.163. The Hall–Kier alpha value is -2.10. The van der Waals surface area contributed by atoms with Crippen LogP contribution in [0.15, 0.2) is 24.3 Å². The summed E-state index contributed by atoms with van der Waals surface area (Å²) in [7, 11) is 0. The Balaban J connectivity index is 2.74. The number of hydrogen-bond donors (Lipinski definition) is 1. The highest BCUT2D eigenvalue weighted by molar-refractivity contribution is 5.96. The van der Waals surface area contributed by atoms with Crippen molar-refractivity contribution in [3.8, 4) is 6.07 Å². The van der Waals surface area contributed by atoms with Crippen molar-refractivity contribution in [2.45, 2.75) is 18.8 Å². The van der Waals surface area contributed by atoms with Crippen LogP contribution >= 0.6 is 0 Å². The molecule has 0 aliphatic rings. The van der Waals surface area contributed by atoms with Gasteiger partial charge in [0.25, 0.3) is 0 Å². The molecule has 0 aliphatic carbocycles. The summed E-state index contributed by atoms with van der Waals surface area (Å²) in [5.74, 6) is -6.80. The minimum absolute atomic E-state index is 0.0398. The third-order valence-electron chi connectivity index (χ3n) is 2.07. The molecule has 18 heavy (non-hydrogen) atoms. The van der Waals surface area contributed by atoms with E-state index >= 15 is 0 Å². The van der Waals surface area contributed by atoms with E-state index in [0.29, 0.717) is 5.56 Å². The molecule has 0 spiro atoms. The number of nitrogens with one attached hydrogen (secondary N) is 1. The first kappa shape index (κ1) is 14.0. The van der Waals surface area contributed by atoms with Crippen LogP contribution in [0.1, 0.15) is 5.56 Å². The number of rotatable bonds is 4. The van der Waals surface area contributed by atoms with Crippen molar-refractivity contribution in [2.75, 3.05) is 5.32 Å². The van der Waals surface area contributed by atoms with E-state index in [9.17, 15) is 22.4 Å². The lowest BCUT2D eigenvalue weighted by Crippen LogP contribution is -2.40. The monoisotopic (exact) mass is 260 g/mol. The van der Waals surface area contributed by atoms with Crippen LogP contribution in [0.5, 0.6) is 0 Å². The number of halogens is 4. The molecule has 0 aliphatic heterocycles. The average molecular weight is 260 g/mol. The van der Waals surface area contributed by atoms with Crippen molar-refractivity contribution in [1.82, 2.24) is 0 Å². The highest BCUT2D eigenvalue weighted by Gasteiger charge is 2.48. The van der Waals surface area contributed by atoms with Crippen LogP contribution in [0, 0.1) is 11.3 Å². The number of amides is 1. The first-order valence-electron chi connectivity index (χ1n) is 4.81. The normalized spacial score (nSPS) is 11.1. The topological polar surface area (TPSA) is 52.9 Å². The predicted octanol–water partition coefficient (Wildman–Crippen LogP) is 2.59. The molecular formula is C11H8F4N2O. The molecule has 1 N–H and O–H groups in total. The highest BCUT2D eigenvalue weighted by Crippen LogP contribution is 2.24. The number of alkyl halides is 4. The molecule has 1 aromatic carbocycles. The van der Waals surface area contributed by atoms with Gasteiger partial charge in [-0.2, -0.15) is 14.0 Å². The van der Waals surface area contributed by atoms with Gasteiger partial charge in [0, 0.05) is 5.69 Å². The van der Waals surface area contributed by atoms with Crippen molar-refractivity contribution in [3.05, 3.63) is 29.8 Å². The fourth-order valence-corrected chi connectivity index (χ4v) is 1.11. The fraction of sp³-hybridized carbons (Fsp3) is 0.273. The molecule has 96 valence electrons. The molecule has 1 amide bonds. The van der Waals surface area contributed by atoms with Crippen LogP contribution in [0.4, 0.5) is 23.2 Å². The van der Waals surface area contributed by atoms with Crippen LogP contribution in [0.25, 0.3) is 0 Å². The Bertz CT molecular complexity index is 465. The lowest BCUT2D eigenvalue weighted by atomic mass is 10.1. The van der Waals surface area contributed by atoms with Gasteiger partial charge in [0.2, 0.25) is 0 Å². The molecule has 0 atom stereocenters. The number of nitriles is 1. The summed E-state index contributed by atoms with van der Waals surface area (Å²) in [5, 5.41) is 10.1. The van der Waals surface area contributed by atoms with Gasteiger partial charge in [0.15, 0.2) is 0 Å². The molecule has 0 saturated heterocycles. The second-order valence-electron chi connectivity index (χ2n) is 3.41. The van der Waals surface area contributed by atoms with Gasteiger partial charge < -0.3 is 5.32 Å². The van der Waals surface area contributed by atoms with Crippen LogP contribution < -0.4 is 5.32 Å². The number of hydrogen-bond acceptors (Lipinski definition) is 2. The molecule has 0 saturated carbocycles. The second-order valence-corrected chi connectivity index (χ2v) is 3.41. The maximum Gasteiger partial charge on any atom is 0.383 e. The van der Waals surface area contributed by atoms with Gasteiger partial charge >= 0.3 is 18.3 Å². The van der Waals surface area contributed by atoms with Crippen molar-refractivity contribution in [2.24, 2.45) is 0 Å². The zero-order valence-electron chi connectivity index (χ0n) is 8.96. The van der Waals surface area contributed by atoms with Crippen LogP contribution in [-0.4, -0.2) is 18.3 Å². The Morgan fingerprint density at radius 3 is 2.33 bits per heavy atom. The van der Waals surface area contributed by atoms with E-state index in [1.807, 2.05) is 6.07 Å². The molecule has 0 heterocycles. The summed E-state index contributed by atoms with van der Waals surface area (Å²) >= 11 is 0. The summed E-state index contributed by atoms with van der Waals surface area (Å²) in [6, 6.07) is 7.25. The van der Waals surface area contributed by atoms with E-state index in [4.69, 9.17) is 5.26 Å². The van der Waals surface area contributed by atoms with E-state index in [1.165, 1.54) is 24.3 Å². The molecule has 1 rings (SSSR count). The fourth-order valence-electron chi connectivity index (χ4n) is 1.11. The van der Waals surface area contributed by atoms with Crippen LogP contribution in [0.2, 0.25) is 0 Å². The van der Waals surface area contributed by atoms with Gasteiger partial charge in [-0.25, -0.2) is 8.78 Å². The number of carbonyl (C=O) groups excluding carboxylic acids is 1. The third kappa shape index (κ3) is 3.20. The minimum Gasteiger partial charge on any atom is -0.321 e. The molecule has 7 heteroatoms. The molecule has 3 nitrogen and oxygen atoms in total. The summed E-state index contributed by atoms with van der Waals surface area (Å²) in [4.78, 5) is 10.9. The molecule has 0 bridgehead atoms. The van der Waals surface area contributed by atoms with Gasteiger partial charge in [0.05, 0.1) is 12.5 Å². The zero-order chi connectivity index (χ0) is 13.8. The van der Waals surface area contributed by atoms with Crippen molar-refractivity contribution in [3.63, 3.8) is 0 Å². The predicted molar refractivity (Wildman–Crippen MR) is 55.3 cm³/mol. The standard InChI is InChI=1S/C11H8F4N2O/c12-9(13)11(14,15)10(18)17-8-3-1-7(2-4-8)5-6-16/h1-4,9H,5H2,(H,17,18). The number of benzene rings is 1. The molecular weight excluding hydrogens is 252 g/mol. The Kier molecular flexibility index (Phi) is 4.26. The van der Waals surface area contributed by atoms with Crippen molar-refractivity contribution in [1.29, 1.82) is 5.26 Å². The van der Waals surface area contributed by atoms with Crippen LogP contribution in [-0.2, 0) is 11.2 Å². The third-order valence-corrected chi connectivity index (χ3v) is 2.07. The number of anilines is 1. The Labute approximate surface area is 100 Å². The zero-order valence-corrected chi connectivity index (χ0v) is 8.96. The SMILES string of the molecule is N#CCc1ccc(NC(=O)C(F)(F)C(F)F)cc1. The molecule has 0 unspecified atom stereocenters. The van der Waals surface area contributed by atoms with Crippen LogP contribution in [0.3, 0.4) is 0 Å². The quantitative estimate of drug-likeness (QED) is 0.846. The maximum absolute atomic E-state index is 12.6. The number of carbonyl (C=O) groups is 1. The van der Waals surface area contributed by atoms with E-state index in [-0.39, 0.29) is 12.1 Å². The highest BCUT2D eigenvalue weighted by atomic mass is 19.3. The second kappa shape index (κ2) is 5.49. The van der Waals surface area contributed by atoms with E-state index in [1.54, 1.807) is 5.32 Å². The summed E-state index contributed by atoms with van der Waals surface area (Å²) in [6.07, 6.45) is -3.93. The average Bonchev–Trinajstić information content (AvgIpc) is 2.31.